The summed E-state index contributed by atoms with van der Waals surface area (Å²) < 4.78 is 41.7. The summed E-state index contributed by atoms with van der Waals surface area (Å²) in [7, 11) is 0. The molecule has 0 fully saturated rings. The van der Waals surface area contributed by atoms with Crippen LogP contribution in [0, 0.1) is 12.3 Å². The van der Waals surface area contributed by atoms with Crippen LogP contribution in [0.15, 0.2) is 28.8 Å². The Morgan fingerprint density at radius 3 is 2.48 bits per heavy atom. The van der Waals surface area contributed by atoms with Gasteiger partial charge in [0.2, 0.25) is 5.82 Å². The van der Waals surface area contributed by atoms with Crippen molar-refractivity contribution in [2.24, 2.45) is 0 Å². The van der Waals surface area contributed by atoms with Gasteiger partial charge in [-0.15, -0.1) is 6.42 Å². The van der Waals surface area contributed by atoms with Crippen molar-refractivity contribution in [3.63, 3.8) is 0 Å². The van der Waals surface area contributed by atoms with Gasteiger partial charge in [0, 0.05) is 18.2 Å². The van der Waals surface area contributed by atoms with E-state index >= 15 is 0 Å². The molecule has 1 heterocycles. The van der Waals surface area contributed by atoms with E-state index in [1.54, 1.807) is 29.2 Å². The molecule has 132 valence electrons. The Balaban J connectivity index is 2.18. The van der Waals surface area contributed by atoms with Crippen LogP contribution in [0.3, 0.4) is 0 Å². The molecule has 8 heteroatoms. The van der Waals surface area contributed by atoms with Crippen LogP contribution >= 0.6 is 0 Å². The molecule has 0 aliphatic rings. The van der Waals surface area contributed by atoms with Crippen LogP contribution in [0.4, 0.5) is 13.2 Å². The summed E-state index contributed by atoms with van der Waals surface area (Å²) in [4.78, 5) is 16.7. The molecule has 2 rings (SSSR count). The second-order valence-corrected chi connectivity index (χ2v) is 5.45. The second kappa shape index (κ2) is 7.38. The first-order valence-electron chi connectivity index (χ1n) is 7.53. The first-order chi connectivity index (χ1) is 11.8. The Morgan fingerprint density at radius 1 is 1.36 bits per heavy atom. The topological polar surface area (TPSA) is 59.2 Å². The van der Waals surface area contributed by atoms with Crippen molar-refractivity contribution in [2.45, 2.75) is 39.0 Å². The van der Waals surface area contributed by atoms with E-state index in [1.807, 2.05) is 13.8 Å². The Hall–Kier alpha value is -2.82. The van der Waals surface area contributed by atoms with Crippen LogP contribution < -0.4 is 0 Å². The van der Waals surface area contributed by atoms with E-state index in [4.69, 9.17) is 6.42 Å². The Kier molecular flexibility index (Phi) is 5.47. The van der Waals surface area contributed by atoms with Crippen molar-refractivity contribution in [1.29, 1.82) is 0 Å². The molecule has 0 radical (unpaired) electrons. The van der Waals surface area contributed by atoms with Crippen LogP contribution in [-0.4, -0.2) is 27.0 Å². The molecule has 5 nitrogen and oxygen atoms in total. The molecule has 0 bridgehead atoms. The average molecular weight is 351 g/mol. The highest BCUT2D eigenvalue weighted by Crippen LogP contribution is 2.29. The van der Waals surface area contributed by atoms with Gasteiger partial charge in [0.25, 0.3) is 5.91 Å². The van der Waals surface area contributed by atoms with E-state index in [9.17, 15) is 18.0 Å². The molecule has 0 aliphatic carbocycles. The number of carbonyl (C=O) groups is 1. The van der Waals surface area contributed by atoms with E-state index in [2.05, 4.69) is 20.6 Å². The molecule has 1 amide bonds. The summed E-state index contributed by atoms with van der Waals surface area (Å²) in [6.45, 7) is 4.14. The van der Waals surface area contributed by atoms with Crippen molar-refractivity contribution >= 4 is 5.91 Å². The fourth-order valence-corrected chi connectivity index (χ4v) is 2.14. The molecule has 25 heavy (non-hydrogen) atoms. The molecule has 0 saturated carbocycles. The predicted molar refractivity (Wildman–Crippen MR) is 83.9 cm³/mol. The summed E-state index contributed by atoms with van der Waals surface area (Å²) >= 11 is 0. The summed E-state index contributed by atoms with van der Waals surface area (Å²) in [5, 5.41) is 3.33. The number of hydrogen-bond acceptors (Lipinski definition) is 4. The van der Waals surface area contributed by atoms with Gasteiger partial charge in [0.15, 0.2) is 0 Å². The third kappa shape index (κ3) is 4.38. The SMILES string of the molecule is C#CC(=O)N(Cc1ccc(-c2noc(C(F)(F)F)n2)cc1)C(C)CC. The highest BCUT2D eigenvalue weighted by atomic mass is 19.4. The molecule has 1 aromatic carbocycles. The van der Waals surface area contributed by atoms with Crippen LogP contribution in [0.5, 0.6) is 0 Å². The molecule has 0 saturated heterocycles. The maximum Gasteiger partial charge on any atom is 0.471 e. The van der Waals surface area contributed by atoms with E-state index < -0.39 is 18.0 Å². The minimum Gasteiger partial charge on any atom is -0.329 e. The van der Waals surface area contributed by atoms with Gasteiger partial charge in [0.05, 0.1) is 0 Å². The minimum atomic E-state index is -4.68. The Bertz CT molecular complexity index is 776. The van der Waals surface area contributed by atoms with Gasteiger partial charge in [-0.25, -0.2) is 0 Å². The van der Waals surface area contributed by atoms with Crippen molar-refractivity contribution in [3.8, 4) is 23.7 Å². The van der Waals surface area contributed by atoms with Crippen molar-refractivity contribution in [2.75, 3.05) is 0 Å². The maximum absolute atomic E-state index is 12.5. The average Bonchev–Trinajstić information content (AvgIpc) is 3.09. The van der Waals surface area contributed by atoms with Gasteiger partial charge < -0.3 is 9.42 Å². The highest BCUT2D eigenvalue weighted by molar-refractivity contribution is 5.93. The van der Waals surface area contributed by atoms with Gasteiger partial charge in [0.1, 0.15) is 0 Å². The normalized spacial score (nSPS) is 12.5. The number of rotatable bonds is 5. The molecule has 1 aromatic heterocycles. The molecule has 2 aromatic rings. The second-order valence-electron chi connectivity index (χ2n) is 5.45. The summed E-state index contributed by atoms with van der Waals surface area (Å²) in [6.07, 6.45) is 1.26. The number of aromatic nitrogens is 2. The Morgan fingerprint density at radius 2 is 2.00 bits per heavy atom. The zero-order chi connectivity index (χ0) is 18.6. The largest absolute Gasteiger partial charge is 0.471 e. The van der Waals surface area contributed by atoms with Crippen LogP contribution in [0.2, 0.25) is 0 Å². The van der Waals surface area contributed by atoms with Gasteiger partial charge in [-0.05, 0) is 24.8 Å². The number of nitrogens with zero attached hydrogens (tertiary/aromatic N) is 3. The van der Waals surface area contributed by atoms with E-state index in [0.717, 1.165) is 12.0 Å². The molecule has 0 spiro atoms. The molecule has 1 unspecified atom stereocenters. The fourth-order valence-electron chi connectivity index (χ4n) is 2.14. The van der Waals surface area contributed by atoms with Gasteiger partial charge in [-0.3, -0.25) is 4.79 Å². The van der Waals surface area contributed by atoms with Gasteiger partial charge >= 0.3 is 12.1 Å². The molecular weight excluding hydrogens is 335 g/mol. The van der Waals surface area contributed by atoms with Gasteiger partial charge in [-0.1, -0.05) is 36.3 Å². The Labute approximate surface area is 142 Å². The zero-order valence-electron chi connectivity index (χ0n) is 13.7. The standard InChI is InChI=1S/C17H16F3N3O2/c1-4-11(3)23(14(24)5-2)10-12-6-8-13(9-7-12)15-21-16(25-22-15)17(18,19)20/h2,6-9,11H,4,10H2,1,3H3. The van der Waals surface area contributed by atoms with E-state index in [0.29, 0.717) is 12.1 Å². The third-order valence-electron chi connectivity index (χ3n) is 3.74. The van der Waals surface area contributed by atoms with Crippen molar-refractivity contribution < 1.29 is 22.5 Å². The van der Waals surface area contributed by atoms with E-state index in [1.165, 1.54) is 0 Å². The highest BCUT2D eigenvalue weighted by Gasteiger charge is 2.38. The van der Waals surface area contributed by atoms with Crippen LogP contribution in [-0.2, 0) is 17.5 Å². The van der Waals surface area contributed by atoms with Crippen LogP contribution in [0.1, 0.15) is 31.7 Å². The quantitative estimate of drug-likeness (QED) is 0.774. The first-order valence-corrected chi connectivity index (χ1v) is 7.53. The summed E-state index contributed by atoms with van der Waals surface area (Å²) in [6, 6.07) is 6.45. The number of benzene rings is 1. The minimum absolute atomic E-state index is 0.0326. The molecule has 0 N–H and O–H groups in total. The number of terminal acetylenes is 1. The molecule has 1 atom stereocenters. The monoisotopic (exact) mass is 351 g/mol. The summed E-state index contributed by atoms with van der Waals surface area (Å²) in [5.74, 6) is 0.142. The first kappa shape index (κ1) is 18.5. The number of amides is 1. The van der Waals surface area contributed by atoms with Gasteiger partial charge in [-0.2, -0.15) is 18.2 Å². The summed E-state index contributed by atoms with van der Waals surface area (Å²) in [5.41, 5.74) is 1.16. The lowest BCUT2D eigenvalue weighted by molar-refractivity contribution is -0.159. The smallest absolute Gasteiger partial charge is 0.329 e. The predicted octanol–water partition coefficient (Wildman–Crippen LogP) is 3.52. The van der Waals surface area contributed by atoms with E-state index in [-0.39, 0.29) is 11.9 Å². The third-order valence-corrected chi connectivity index (χ3v) is 3.74. The number of carbonyl (C=O) groups excluding carboxylic acids is 1. The maximum atomic E-state index is 12.5. The van der Waals surface area contributed by atoms with Crippen molar-refractivity contribution in [1.82, 2.24) is 15.0 Å². The molecular formula is C17H16F3N3O2. The zero-order valence-corrected chi connectivity index (χ0v) is 13.7. The lowest BCUT2D eigenvalue weighted by Crippen LogP contribution is -2.36. The van der Waals surface area contributed by atoms with Crippen molar-refractivity contribution in [3.05, 3.63) is 35.7 Å². The lowest BCUT2D eigenvalue weighted by atomic mass is 10.1. The number of hydrogen-bond donors (Lipinski definition) is 0. The van der Waals surface area contributed by atoms with Crippen LogP contribution in [0.25, 0.3) is 11.4 Å². The lowest BCUT2D eigenvalue weighted by Gasteiger charge is -2.26. The number of halogens is 3. The fraction of sp³-hybridized carbons (Fsp3) is 0.353. The number of alkyl halides is 3. The molecule has 0 aliphatic heterocycles.